The van der Waals surface area contributed by atoms with Crippen molar-refractivity contribution in [2.45, 2.75) is 11.9 Å². The maximum atomic E-state index is 12.7. The van der Waals surface area contributed by atoms with Gasteiger partial charge in [0.05, 0.1) is 4.92 Å². The van der Waals surface area contributed by atoms with Crippen molar-refractivity contribution in [2.75, 3.05) is 0 Å². The average Bonchev–Trinajstić information content (AvgIpc) is 2.34. The smallest absolute Gasteiger partial charge is 0.455 e. The molecule has 7 nitrogen and oxygen atoms in total. The van der Waals surface area contributed by atoms with Crippen LogP contribution in [0.2, 0.25) is 0 Å². The molecule has 0 aliphatic carbocycles. The fourth-order valence-corrected chi connectivity index (χ4v) is 1.30. The number of benzene rings is 1. The number of ether oxygens (including phenoxy) is 1. The third-order valence-electron chi connectivity index (χ3n) is 2.06. The van der Waals surface area contributed by atoms with Crippen molar-refractivity contribution < 1.29 is 35.5 Å². The fraction of sp³-hybridized carbons (Fsp3) is 0.222. The van der Waals surface area contributed by atoms with Crippen molar-refractivity contribution in [2.24, 2.45) is 0 Å². The van der Waals surface area contributed by atoms with E-state index in [1.54, 1.807) is 0 Å². The number of alkyl halides is 2. The second-order valence-electron chi connectivity index (χ2n) is 3.45. The van der Waals surface area contributed by atoms with Crippen LogP contribution >= 0.6 is 0 Å². The summed E-state index contributed by atoms with van der Waals surface area (Å²) in [6.45, 7) is -0.790. The SMILES string of the molecule is O=C(OCc1ccc([N+](=O)[O-])cc1)C(F)(F)S(=O)(=O)F. The molecule has 0 aromatic heterocycles. The molecule has 1 aromatic carbocycles. The Hall–Kier alpha value is -2.17. The number of halogens is 3. The predicted molar refractivity (Wildman–Crippen MR) is 57.9 cm³/mol. The van der Waals surface area contributed by atoms with Crippen molar-refractivity contribution in [3.63, 3.8) is 0 Å². The van der Waals surface area contributed by atoms with Gasteiger partial charge >= 0.3 is 21.4 Å². The molecule has 0 aliphatic heterocycles. The Bertz CT molecular complexity index is 628. The zero-order chi connectivity index (χ0) is 15.6. The van der Waals surface area contributed by atoms with Crippen molar-refractivity contribution in [1.82, 2.24) is 0 Å². The number of esters is 1. The van der Waals surface area contributed by atoms with E-state index in [1.807, 2.05) is 0 Å². The molecule has 11 heteroatoms. The zero-order valence-electron chi connectivity index (χ0n) is 9.46. The number of carbonyl (C=O) groups excluding carboxylic acids is 1. The largest absolute Gasteiger partial charge is 0.470 e. The summed E-state index contributed by atoms with van der Waals surface area (Å²) >= 11 is 0. The highest BCUT2D eigenvalue weighted by Gasteiger charge is 2.55. The van der Waals surface area contributed by atoms with E-state index < -0.39 is 33.0 Å². The molecule has 0 heterocycles. The van der Waals surface area contributed by atoms with Crippen LogP contribution in [0.25, 0.3) is 0 Å². The Kier molecular flexibility index (Phi) is 4.33. The maximum absolute atomic E-state index is 12.7. The molecule has 0 atom stereocenters. The van der Waals surface area contributed by atoms with Crippen LogP contribution in [0.5, 0.6) is 0 Å². The van der Waals surface area contributed by atoms with Crippen LogP contribution in [0.1, 0.15) is 5.56 Å². The van der Waals surface area contributed by atoms with Gasteiger partial charge in [0.15, 0.2) is 0 Å². The van der Waals surface area contributed by atoms with E-state index in [9.17, 15) is 36.0 Å². The van der Waals surface area contributed by atoms with Crippen molar-refractivity contribution in [3.8, 4) is 0 Å². The van der Waals surface area contributed by atoms with Gasteiger partial charge in [-0.25, -0.2) is 4.79 Å². The van der Waals surface area contributed by atoms with E-state index in [0.29, 0.717) is 0 Å². The van der Waals surface area contributed by atoms with Gasteiger partial charge in [0.25, 0.3) is 5.69 Å². The molecule has 1 aromatic rings. The Balaban J connectivity index is 2.73. The van der Waals surface area contributed by atoms with Gasteiger partial charge in [0, 0.05) is 12.1 Å². The standard InChI is InChI=1S/C9H6F3NO6S/c10-9(11,20(12,17)18)8(14)19-5-6-1-3-7(4-2-6)13(15)16/h1-4H,5H2. The lowest BCUT2D eigenvalue weighted by atomic mass is 10.2. The van der Waals surface area contributed by atoms with Crippen molar-refractivity contribution in [1.29, 1.82) is 0 Å². The Morgan fingerprint density at radius 1 is 1.30 bits per heavy atom. The molecule has 0 spiro atoms. The maximum Gasteiger partial charge on any atom is 0.470 e. The van der Waals surface area contributed by atoms with E-state index in [2.05, 4.69) is 4.74 Å². The molecule has 0 radical (unpaired) electrons. The highest BCUT2D eigenvalue weighted by molar-refractivity contribution is 7.88. The monoisotopic (exact) mass is 313 g/mol. The van der Waals surface area contributed by atoms with E-state index in [1.165, 1.54) is 0 Å². The second-order valence-corrected chi connectivity index (χ2v) is 4.84. The highest BCUT2D eigenvalue weighted by atomic mass is 32.3. The number of non-ortho nitro benzene ring substituents is 1. The zero-order valence-corrected chi connectivity index (χ0v) is 10.3. The molecule has 0 fully saturated rings. The predicted octanol–water partition coefficient (Wildman–Crippen LogP) is 1.53. The third kappa shape index (κ3) is 3.44. The lowest BCUT2D eigenvalue weighted by Gasteiger charge is -2.10. The number of nitrogens with zero attached hydrogens (tertiary/aromatic N) is 1. The van der Waals surface area contributed by atoms with Crippen LogP contribution in [0.3, 0.4) is 0 Å². The van der Waals surface area contributed by atoms with Crippen molar-refractivity contribution >= 4 is 21.9 Å². The molecule has 0 saturated carbocycles. The van der Waals surface area contributed by atoms with Crippen molar-refractivity contribution in [3.05, 3.63) is 39.9 Å². The van der Waals surface area contributed by atoms with Gasteiger partial charge in [-0.05, 0) is 17.7 Å². The Morgan fingerprint density at radius 2 is 1.80 bits per heavy atom. The first-order valence-electron chi connectivity index (χ1n) is 4.78. The quantitative estimate of drug-likeness (QED) is 0.353. The van der Waals surface area contributed by atoms with E-state index in [-0.39, 0.29) is 11.3 Å². The minimum atomic E-state index is -6.42. The van der Waals surface area contributed by atoms with E-state index in [4.69, 9.17) is 0 Å². The van der Waals surface area contributed by atoms with Crippen LogP contribution in [-0.2, 0) is 26.4 Å². The van der Waals surface area contributed by atoms with Crippen LogP contribution in [0.15, 0.2) is 24.3 Å². The molecule has 0 bridgehead atoms. The summed E-state index contributed by atoms with van der Waals surface area (Å²) < 4.78 is 61.5. The number of nitro groups is 1. The number of carbonyl (C=O) groups is 1. The summed E-state index contributed by atoms with van der Waals surface area (Å²) in [5.41, 5.74) is -0.201. The van der Waals surface area contributed by atoms with Crippen LogP contribution in [0.4, 0.5) is 18.4 Å². The summed E-state index contributed by atoms with van der Waals surface area (Å²) in [4.78, 5) is 20.4. The highest BCUT2D eigenvalue weighted by Crippen LogP contribution is 2.25. The summed E-state index contributed by atoms with van der Waals surface area (Å²) in [5.74, 6) is -2.57. The first-order chi connectivity index (χ1) is 9.05. The average molecular weight is 313 g/mol. The van der Waals surface area contributed by atoms with Gasteiger partial charge < -0.3 is 4.74 Å². The molecular weight excluding hydrogens is 307 g/mol. The third-order valence-corrected chi connectivity index (χ3v) is 2.84. The Morgan fingerprint density at radius 3 is 2.20 bits per heavy atom. The molecule has 20 heavy (non-hydrogen) atoms. The summed E-state index contributed by atoms with van der Waals surface area (Å²) in [6.07, 6.45) is 0. The number of nitro benzene ring substituents is 1. The number of rotatable bonds is 5. The first-order valence-corrected chi connectivity index (χ1v) is 6.16. The minimum Gasteiger partial charge on any atom is -0.455 e. The van der Waals surface area contributed by atoms with Crippen LogP contribution in [0, 0.1) is 10.1 Å². The first kappa shape index (κ1) is 15.9. The number of hydrogen-bond donors (Lipinski definition) is 0. The summed E-state index contributed by atoms with van der Waals surface area (Å²) in [5, 5.41) is 5.03. The molecule has 1 rings (SSSR count). The van der Waals surface area contributed by atoms with Gasteiger partial charge in [0.2, 0.25) is 0 Å². The lowest BCUT2D eigenvalue weighted by molar-refractivity contribution is -0.384. The second kappa shape index (κ2) is 5.45. The molecule has 0 aliphatic rings. The molecular formula is C9H6F3NO6S. The molecule has 0 N–H and O–H groups in total. The van der Waals surface area contributed by atoms with Gasteiger partial charge in [-0.1, -0.05) is 3.89 Å². The van der Waals surface area contributed by atoms with Crippen LogP contribution < -0.4 is 0 Å². The molecule has 0 saturated heterocycles. The molecule has 110 valence electrons. The van der Waals surface area contributed by atoms with Gasteiger partial charge in [0.1, 0.15) is 6.61 Å². The molecule has 0 amide bonds. The molecule has 0 unspecified atom stereocenters. The summed E-state index contributed by atoms with van der Waals surface area (Å²) in [7, 11) is -6.42. The number of hydrogen-bond acceptors (Lipinski definition) is 6. The van der Waals surface area contributed by atoms with Gasteiger partial charge in [-0.15, -0.1) is 0 Å². The normalized spacial score (nSPS) is 11.9. The van der Waals surface area contributed by atoms with E-state index in [0.717, 1.165) is 24.3 Å². The van der Waals surface area contributed by atoms with E-state index >= 15 is 0 Å². The minimum absolute atomic E-state index is 0.0796. The van der Waals surface area contributed by atoms with Crippen LogP contribution in [-0.4, -0.2) is 24.6 Å². The Labute approximate surface area is 110 Å². The van der Waals surface area contributed by atoms with Gasteiger partial charge in [-0.3, -0.25) is 10.1 Å². The topological polar surface area (TPSA) is 104 Å². The fourth-order valence-electron chi connectivity index (χ4n) is 1.05. The van der Waals surface area contributed by atoms with Gasteiger partial charge in [-0.2, -0.15) is 17.2 Å². The summed E-state index contributed by atoms with van der Waals surface area (Å²) in [6, 6.07) is 4.25. The lowest BCUT2D eigenvalue weighted by Crippen LogP contribution is -2.36.